The van der Waals surface area contributed by atoms with E-state index in [1.807, 2.05) is 54.6 Å². The number of amides is 2. The molecule has 1 aliphatic carbocycles. The highest BCUT2D eigenvalue weighted by molar-refractivity contribution is 6.07. The van der Waals surface area contributed by atoms with E-state index in [0.29, 0.717) is 24.3 Å². The molecule has 1 N–H and O–H groups in total. The van der Waals surface area contributed by atoms with Crippen molar-refractivity contribution in [3.05, 3.63) is 101 Å². The summed E-state index contributed by atoms with van der Waals surface area (Å²) in [7, 11) is 0. The van der Waals surface area contributed by atoms with Crippen LogP contribution in [0.1, 0.15) is 34.6 Å². The third-order valence-corrected chi connectivity index (χ3v) is 6.89. The molecule has 0 radical (unpaired) electrons. The van der Waals surface area contributed by atoms with Crippen molar-refractivity contribution in [3.8, 4) is 0 Å². The maximum atomic E-state index is 13.6. The zero-order chi connectivity index (χ0) is 25.3. The first-order chi connectivity index (χ1) is 17.3. The van der Waals surface area contributed by atoms with Crippen LogP contribution in [0.2, 0.25) is 0 Å². The smallest absolute Gasteiger partial charge is 0.376 e. The van der Waals surface area contributed by atoms with E-state index in [1.165, 1.54) is 17.0 Å². The van der Waals surface area contributed by atoms with Gasteiger partial charge in [0.2, 0.25) is 11.8 Å². The van der Waals surface area contributed by atoms with E-state index in [2.05, 4.69) is 5.32 Å². The number of rotatable bonds is 8. The Bertz CT molecular complexity index is 1260. The average Bonchev–Trinajstić information content (AvgIpc) is 3.62. The first kappa shape index (κ1) is 24.1. The molecule has 1 saturated carbocycles. The number of nitrogens with one attached hydrogen (secondary N) is 1. The Morgan fingerprint density at radius 3 is 2.39 bits per heavy atom. The lowest BCUT2D eigenvalue weighted by molar-refractivity contribution is -0.137. The van der Waals surface area contributed by atoms with E-state index in [9.17, 15) is 22.8 Å². The molecule has 2 aliphatic rings. The highest BCUT2D eigenvalue weighted by atomic mass is 19.4. The van der Waals surface area contributed by atoms with E-state index >= 15 is 0 Å². The van der Waals surface area contributed by atoms with Crippen molar-refractivity contribution >= 4 is 17.5 Å². The molecular formula is C28H25F3N2O3. The van der Waals surface area contributed by atoms with Gasteiger partial charge in [0, 0.05) is 18.2 Å². The van der Waals surface area contributed by atoms with Gasteiger partial charge in [-0.25, -0.2) is 0 Å². The first-order valence-corrected chi connectivity index (χ1v) is 11.7. The van der Waals surface area contributed by atoms with Gasteiger partial charge in [0.1, 0.15) is 6.54 Å². The Morgan fingerprint density at radius 1 is 0.972 bits per heavy atom. The zero-order valence-electron chi connectivity index (χ0n) is 19.4. The summed E-state index contributed by atoms with van der Waals surface area (Å²) in [5.41, 5.74) is 1.87. The van der Waals surface area contributed by atoms with Gasteiger partial charge < -0.3 is 15.0 Å². The van der Waals surface area contributed by atoms with Gasteiger partial charge in [-0.05, 0) is 41.3 Å². The number of nitrogens with zero attached hydrogens (tertiary/aromatic N) is 1. The largest absolute Gasteiger partial charge is 0.416 e. The summed E-state index contributed by atoms with van der Waals surface area (Å²) in [4.78, 5) is 27.9. The van der Waals surface area contributed by atoms with Crippen LogP contribution in [0.3, 0.4) is 0 Å². The molecule has 1 aliphatic heterocycles. The maximum Gasteiger partial charge on any atom is 0.416 e. The minimum Gasteiger partial charge on any atom is -0.376 e. The third-order valence-electron chi connectivity index (χ3n) is 6.89. The molecule has 0 spiro atoms. The zero-order valence-corrected chi connectivity index (χ0v) is 19.4. The number of ether oxygens (including phenoxy) is 1. The quantitative estimate of drug-likeness (QED) is 0.476. The van der Waals surface area contributed by atoms with Gasteiger partial charge in [0.05, 0.1) is 24.2 Å². The summed E-state index contributed by atoms with van der Waals surface area (Å²) in [6.07, 6.45) is -3.74. The van der Waals surface area contributed by atoms with Crippen molar-refractivity contribution in [2.45, 2.75) is 31.7 Å². The number of halogens is 3. The number of carbonyl (C=O) groups is 2. The van der Waals surface area contributed by atoms with Gasteiger partial charge in [-0.1, -0.05) is 60.7 Å². The van der Waals surface area contributed by atoms with Crippen molar-refractivity contribution in [2.24, 2.45) is 5.41 Å². The number of anilines is 1. The van der Waals surface area contributed by atoms with Gasteiger partial charge in [0.15, 0.2) is 0 Å². The molecule has 0 bridgehead atoms. The van der Waals surface area contributed by atoms with Crippen molar-refractivity contribution in [2.75, 3.05) is 18.1 Å². The molecule has 5 nitrogen and oxygen atoms in total. The molecule has 186 valence electrons. The summed E-state index contributed by atoms with van der Waals surface area (Å²) in [6, 6.07) is 21.9. The monoisotopic (exact) mass is 494 g/mol. The minimum absolute atomic E-state index is 0.0587. The van der Waals surface area contributed by atoms with Gasteiger partial charge >= 0.3 is 6.18 Å². The molecule has 0 saturated heterocycles. The van der Waals surface area contributed by atoms with Crippen molar-refractivity contribution in [1.82, 2.24) is 5.32 Å². The lowest BCUT2D eigenvalue weighted by Crippen LogP contribution is -2.48. The number of hydrogen-bond donors (Lipinski definition) is 1. The Labute approximate surface area is 206 Å². The molecule has 2 atom stereocenters. The van der Waals surface area contributed by atoms with E-state index in [4.69, 9.17) is 4.74 Å². The predicted molar refractivity (Wildman–Crippen MR) is 128 cm³/mol. The number of carbonyl (C=O) groups excluding carboxylic acids is 2. The van der Waals surface area contributed by atoms with Crippen LogP contribution < -0.4 is 10.2 Å². The SMILES string of the molecule is O=C(CN1C(=O)[C@@]2(COCc3ccccc3)C[C@H]2c2ccccc21)NCc1ccc(C(F)(F)F)cc1. The molecule has 1 heterocycles. The van der Waals surface area contributed by atoms with E-state index in [1.54, 1.807) is 0 Å². The minimum atomic E-state index is -4.41. The standard InChI is InChI=1S/C28H25F3N2O3/c29-28(30,31)21-12-10-19(11-13-21)15-32-25(34)16-33-24-9-5-4-8-22(24)23-14-27(23,26(33)35)18-36-17-20-6-2-1-3-7-20/h1-13,23H,14-18H2,(H,32,34)/t23-,27+/m0/s1. The normalized spacial score (nSPS) is 20.5. The van der Waals surface area contributed by atoms with Gasteiger partial charge in [-0.15, -0.1) is 0 Å². The summed E-state index contributed by atoms with van der Waals surface area (Å²) >= 11 is 0. The van der Waals surface area contributed by atoms with Crippen molar-refractivity contribution < 1.29 is 27.5 Å². The third kappa shape index (κ3) is 4.73. The molecule has 36 heavy (non-hydrogen) atoms. The summed E-state index contributed by atoms with van der Waals surface area (Å²) in [5.74, 6) is -0.468. The summed E-state index contributed by atoms with van der Waals surface area (Å²) in [6.45, 7) is 0.555. The Morgan fingerprint density at radius 2 is 1.67 bits per heavy atom. The van der Waals surface area contributed by atoms with Crippen molar-refractivity contribution in [1.29, 1.82) is 0 Å². The number of benzene rings is 3. The van der Waals surface area contributed by atoms with Crippen LogP contribution in [0, 0.1) is 5.41 Å². The fourth-order valence-corrected chi connectivity index (χ4v) is 4.87. The van der Waals surface area contributed by atoms with Crippen LogP contribution in [0.25, 0.3) is 0 Å². The summed E-state index contributed by atoms with van der Waals surface area (Å²) in [5, 5.41) is 2.72. The van der Waals surface area contributed by atoms with Gasteiger partial charge in [-0.3, -0.25) is 9.59 Å². The Hall–Kier alpha value is -3.65. The highest BCUT2D eigenvalue weighted by Gasteiger charge is 2.65. The molecule has 1 fully saturated rings. The van der Waals surface area contributed by atoms with Crippen LogP contribution in [-0.4, -0.2) is 25.0 Å². The van der Waals surface area contributed by atoms with Crippen LogP contribution in [0.5, 0.6) is 0 Å². The molecule has 2 amide bonds. The van der Waals surface area contributed by atoms with Crippen LogP contribution >= 0.6 is 0 Å². The topological polar surface area (TPSA) is 58.6 Å². The fourth-order valence-electron chi connectivity index (χ4n) is 4.87. The molecule has 5 rings (SSSR count). The second-order valence-corrected chi connectivity index (χ2v) is 9.31. The van der Waals surface area contributed by atoms with Crippen molar-refractivity contribution in [3.63, 3.8) is 0 Å². The molecule has 0 aromatic heterocycles. The molecule has 3 aromatic carbocycles. The van der Waals surface area contributed by atoms with Crippen LogP contribution in [-0.2, 0) is 33.7 Å². The molecular weight excluding hydrogens is 469 g/mol. The van der Waals surface area contributed by atoms with E-state index in [-0.39, 0.29) is 31.5 Å². The maximum absolute atomic E-state index is 13.6. The molecule has 0 unspecified atom stereocenters. The number of fused-ring (bicyclic) bond motifs is 3. The summed E-state index contributed by atoms with van der Waals surface area (Å²) < 4.78 is 44.3. The number of hydrogen-bond acceptors (Lipinski definition) is 3. The highest BCUT2D eigenvalue weighted by Crippen LogP contribution is 2.65. The Balaban J connectivity index is 1.25. The second kappa shape index (κ2) is 9.43. The van der Waals surface area contributed by atoms with Crippen LogP contribution in [0.4, 0.5) is 18.9 Å². The molecule has 8 heteroatoms. The second-order valence-electron chi connectivity index (χ2n) is 9.31. The number of para-hydroxylation sites is 1. The van der Waals surface area contributed by atoms with Crippen LogP contribution in [0.15, 0.2) is 78.9 Å². The first-order valence-electron chi connectivity index (χ1n) is 11.7. The number of alkyl halides is 3. The van der Waals surface area contributed by atoms with Gasteiger partial charge in [0.25, 0.3) is 0 Å². The van der Waals surface area contributed by atoms with E-state index < -0.39 is 23.1 Å². The molecule has 3 aromatic rings. The van der Waals surface area contributed by atoms with Gasteiger partial charge in [-0.2, -0.15) is 13.2 Å². The Kier molecular flexibility index (Phi) is 6.30. The average molecular weight is 495 g/mol. The predicted octanol–water partition coefficient (Wildman–Crippen LogP) is 5.06. The van der Waals surface area contributed by atoms with E-state index in [0.717, 1.165) is 23.3 Å². The lowest BCUT2D eigenvalue weighted by Gasteiger charge is -2.33. The lowest BCUT2D eigenvalue weighted by atomic mass is 9.92. The fraction of sp³-hybridized carbons (Fsp3) is 0.286.